The Morgan fingerprint density at radius 3 is 2.14 bits per heavy atom. The van der Waals surface area contributed by atoms with Crippen LogP contribution in [0.2, 0.25) is 0 Å². The van der Waals surface area contributed by atoms with Gasteiger partial charge >= 0.3 is 36.0 Å². The van der Waals surface area contributed by atoms with Crippen LogP contribution in [0.3, 0.4) is 0 Å². The number of nitrogens with zero attached hydrogens (tertiary/aromatic N) is 1. The number of ether oxygens (including phenoxy) is 8. The summed E-state index contributed by atoms with van der Waals surface area (Å²) in [6, 6.07) is 26.8. The number of ketones is 1. The zero-order chi connectivity index (χ0) is 64.7. The molecule has 0 spiro atoms. The van der Waals surface area contributed by atoms with Crippen molar-refractivity contribution in [1.82, 2.24) is 5.32 Å². The van der Waals surface area contributed by atoms with Crippen molar-refractivity contribution in [1.29, 1.82) is 0 Å². The van der Waals surface area contributed by atoms with Crippen molar-refractivity contribution in [3.8, 4) is 0 Å². The molecule has 2 heterocycles. The summed E-state index contributed by atoms with van der Waals surface area (Å²) in [7, 11) is 3.71. The number of carbonyl (C=O) groups is 8. The molecule has 0 aromatic heterocycles. The molecule has 2 bridgehead atoms. The number of benzene rings is 4. The normalized spacial score (nSPS) is 27.2. The van der Waals surface area contributed by atoms with Crippen LogP contribution in [0.15, 0.2) is 126 Å². The predicted octanol–water partition coefficient (Wildman–Crippen LogP) is 9.28. The van der Waals surface area contributed by atoms with Gasteiger partial charge in [-0.15, -0.1) is 0 Å². The molecule has 3 aliphatic carbocycles. The van der Waals surface area contributed by atoms with Gasteiger partial charge < -0.3 is 53.4 Å². The standard InChI is InChI=1S/C66H72N2O20S2/c1-38-47(85-61(76)54(72)52(41-20-10-7-11-21-41)67-59(74)43-22-12-8-13-23-43)35-66(78)58(87-60(75)44-24-14-9-15-25-44)56-64(6,57(73)55(84-39(2)69)51(38)63(66,4)5)48(34-49-65(56,37-83-49)88-40(3)70)86-62(77)81-32-19-28-42-26-18-27-45(53(42)68(79)80)36-82-50(71)30-17-16-29-46-31-33-89-90-46/h7-15,18-28,46-49,52,54-56,58,72,78H,16-17,29-37H2,1-6H3,(H,67,74)/b28-19+/t46?,47-,48-,49+,52-,54+,55+,56-,58-,64+,65-,66+/m0/s1. The number of fused-ring (bicyclic) bond motifs is 5. The molecular weight excluding hydrogens is 1200 g/mol. The third kappa shape index (κ3) is 13.7. The van der Waals surface area contributed by atoms with E-state index in [9.17, 15) is 53.9 Å². The highest BCUT2D eigenvalue weighted by Gasteiger charge is 2.79. The number of amides is 1. The van der Waals surface area contributed by atoms with Gasteiger partial charge in [-0.2, -0.15) is 0 Å². The highest BCUT2D eigenvalue weighted by Crippen LogP contribution is 2.65. The zero-order valence-electron chi connectivity index (χ0n) is 50.5. The number of aliphatic hydroxyl groups is 2. The van der Waals surface area contributed by atoms with E-state index >= 15 is 4.79 Å². The Morgan fingerprint density at radius 2 is 1.52 bits per heavy atom. The van der Waals surface area contributed by atoms with Crippen LogP contribution in [-0.4, -0.2) is 135 Å². The summed E-state index contributed by atoms with van der Waals surface area (Å²) in [6.07, 6.45) is -6.82. The lowest BCUT2D eigenvalue weighted by Gasteiger charge is -2.67. The molecule has 2 saturated carbocycles. The monoisotopic (exact) mass is 1280 g/mol. The summed E-state index contributed by atoms with van der Waals surface area (Å²) in [5.41, 5.74) is -8.43. The fraction of sp³-hybridized carbons (Fsp3) is 0.455. The average molecular weight is 1280 g/mol. The van der Waals surface area contributed by atoms with Gasteiger partial charge in [-0.25, -0.2) is 14.4 Å². The van der Waals surface area contributed by atoms with Gasteiger partial charge in [0.25, 0.3) is 11.6 Å². The molecule has 22 nitrogen and oxygen atoms in total. The Kier molecular flexibility index (Phi) is 20.8. The number of nitro benzene ring substituents is 1. The van der Waals surface area contributed by atoms with Crippen molar-refractivity contribution in [2.24, 2.45) is 16.7 Å². The molecule has 0 radical (unpaired) electrons. The lowest BCUT2D eigenvalue weighted by molar-refractivity contribution is -0.386. The van der Waals surface area contributed by atoms with Crippen LogP contribution in [0, 0.1) is 26.9 Å². The zero-order valence-corrected chi connectivity index (χ0v) is 52.2. The summed E-state index contributed by atoms with van der Waals surface area (Å²) in [4.78, 5) is 125. The second-order valence-corrected chi connectivity index (χ2v) is 26.5. The number of esters is 5. The van der Waals surface area contributed by atoms with Crippen LogP contribution < -0.4 is 5.32 Å². The first-order valence-electron chi connectivity index (χ1n) is 29.6. The molecule has 5 aliphatic rings. The van der Waals surface area contributed by atoms with E-state index in [4.69, 9.17) is 37.9 Å². The molecule has 4 aromatic carbocycles. The summed E-state index contributed by atoms with van der Waals surface area (Å²) in [5.74, 6) is -7.04. The highest BCUT2D eigenvalue weighted by atomic mass is 33.1. The number of Topliss-reactive ketones (excluding diaryl/α,β-unsaturated/α-hetero) is 1. The summed E-state index contributed by atoms with van der Waals surface area (Å²) < 4.78 is 48.3. The fourth-order valence-electron chi connectivity index (χ4n) is 13.3. The maximum absolute atomic E-state index is 16.4. The maximum Gasteiger partial charge on any atom is 0.508 e. The number of carbonyl (C=O) groups excluding carboxylic acids is 8. The molecule has 12 atom stereocenters. The van der Waals surface area contributed by atoms with Crippen LogP contribution in [0.25, 0.3) is 6.08 Å². The fourth-order valence-corrected chi connectivity index (χ4v) is 16.3. The van der Waals surface area contributed by atoms with E-state index in [2.05, 4.69) is 5.32 Å². The highest BCUT2D eigenvalue weighted by molar-refractivity contribution is 8.77. The van der Waals surface area contributed by atoms with Crippen LogP contribution in [0.4, 0.5) is 10.5 Å². The van der Waals surface area contributed by atoms with Gasteiger partial charge in [-0.05, 0) is 98.4 Å². The van der Waals surface area contributed by atoms with Gasteiger partial charge in [0.2, 0.25) is 0 Å². The average Bonchev–Trinajstić information content (AvgIpc) is 0.755. The Bertz CT molecular complexity index is 3430. The number of rotatable bonds is 22. The van der Waals surface area contributed by atoms with Crippen molar-refractivity contribution in [3.63, 3.8) is 0 Å². The Labute approximate surface area is 527 Å². The number of nitro groups is 1. The molecule has 24 heteroatoms. The van der Waals surface area contributed by atoms with Gasteiger partial charge in [-0.3, -0.25) is 34.1 Å². The van der Waals surface area contributed by atoms with Gasteiger partial charge in [0.05, 0.1) is 45.6 Å². The minimum Gasteiger partial charge on any atom is -0.461 e. The largest absolute Gasteiger partial charge is 0.508 e. The number of hydrogen-bond donors (Lipinski definition) is 3. The quantitative estimate of drug-likeness (QED) is 0.0125. The predicted molar refractivity (Wildman–Crippen MR) is 327 cm³/mol. The Balaban J connectivity index is 1.05. The van der Waals surface area contributed by atoms with E-state index < -0.39 is 149 Å². The number of para-hydroxylation sites is 1. The Hall–Kier alpha value is -7.90. The van der Waals surface area contributed by atoms with Crippen molar-refractivity contribution in [2.45, 2.75) is 152 Å². The van der Waals surface area contributed by atoms with E-state index in [1.165, 1.54) is 76.2 Å². The van der Waals surface area contributed by atoms with Gasteiger partial charge in [0.1, 0.15) is 43.2 Å². The summed E-state index contributed by atoms with van der Waals surface area (Å²) >= 11 is 0. The van der Waals surface area contributed by atoms with E-state index in [0.717, 1.165) is 38.9 Å². The lowest BCUT2D eigenvalue weighted by Crippen LogP contribution is -2.82. The van der Waals surface area contributed by atoms with Crippen molar-refractivity contribution >= 4 is 81.0 Å². The van der Waals surface area contributed by atoms with Gasteiger partial charge in [0.15, 0.2) is 23.6 Å². The van der Waals surface area contributed by atoms with Crippen molar-refractivity contribution in [2.75, 3.05) is 19.0 Å². The second kappa shape index (κ2) is 28.1. The molecule has 2 aliphatic heterocycles. The van der Waals surface area contributed by atoms with Crippen molar-refractivity contribution in [3.05, 3.63) is 164 Å². The molecule has 9 rings (SSSR count). The van der Waals surface area contributed by atoms with Crippen LogP contribution in [0.1, 0.15) is 130 Å². The molecule has 1 amide bonds. The van der Waals surface area contributed by atoms with E-state index in [-0.39, 0.29) is 52.1 Å². The SMILES string of the molecule is CC(=O)O[C@H]1C(=O)[C@]2(C)[C@@H](OC(=O)OC/C=C/c3cccc(COC(=O)CCCCC4CCSS4)c3[N+](=O)[O-])C[C@H]3OC[C@@]3(OC(C)=O)[C@H]2[C@H](OC(=O)c2ccccc2)[C@]2(O)C[C@H](OC(=O)[C@H](O)[C@@H](NC(=O)c3ccccc3)c3ccccc3)C(C)=C1C2(C)C. The third-order valence-corrected chi connectivity index (χ3v) is 20.9. The summed E-state index contributed by atoms with van der Waals surface area (Å²) in [6.45, 7) is 6.57. The van der Waals surface area contributed by atoms with Crippen LogP contribution >= 0.6 is 21.6 Å². The smallest absolute Gasteiger partial charge is 0.461 e. The number of unbranched alkanes of at least 4 members (excludes halogenated alkanes) is 1. The van der Waals surface area contributed by atoms with E-state index in [1.54, 1.807) is 72.8 Å². The Morgan fingerprint density at radius 1 is 0.844 bits per heavy atom. The molecule has 4 aromatic rings. The third-order valence-electron chi connectivity index (χ3n) is 17.9. The number of nitrogens with one attached hydrogen (secondary N) is 1. The van der Waals surface area contributed by atoms with Crippen LogP contribution in [0.5, 0.6) is 0 Å². The molecule has 4 fully saturated rings. The van der Waals surface area contributed by atoms with E-state index in [1.807, 2.05) is 21.6 Å². The maximum atomic E-state index is 16.4. The molecular formula is C66H72N2O20S2. The van der Waals surface area contributed by atoms with Crippen molar-refractivity contribution < 1.29 is 91.4 Å². The molecule has 1 unspecified atom stereocenters. The second-order valence-electron chi connectivity index (χ2n) is 23.8. The van der Waals surface area contributed by atoms with E-state index in [0.29, 0.717) is 17.2 Å². The first kappa shape index (κ1) is 66.5. The van der Waals surface area contributed by atoms with Gasteiger partial charge in [-0.1, -0.05) is 115 Å². The number of hydrogen-bond acceptors (Lipinski definition) is 22. The molecule has 3 N–H and O–H groups in total. The lowest BCUT2D eigenvalue weighted by atomic mass is 9.44. The topological polar surface area (TPSA) is 306 Å². The minimum atomic E-state index is -2.58. The summed E-state index contributed by atoms with van der Waals surface area (Å²) in [5, 5.41) is 42.0. The first-order chi connectivity index (χ1) is 42.9. The van der Waals surface area contributed by atoms with Crippen LogP contribution in [-0.2, 0) is 68.5 Å². The van der Waals surface area contributed by atoms with Gasteiger partial charge in [0, 0.05) is 55.1 Å². The molecule has 478 valence electrons. The molecule has 2 saturated heterocycles. The first-order valence-corrected chi connectivity index (χ1v) is 32.0. The number of aliphatic hydroxyl groups excluding tert-OH is 1. The molecule has 90 heavy (non-hydrogen) atoms. The minimum absolute atomic E-state index is 0.0251.